The van der Waals surface area contributed by atoms with Gasteiger partial charge in [0.25, 0.3) is 0 Å². The van der Waals surface area contributed by atoms with Gasteiger partial charge in [-0.3, -0.25) is 0 Å². The van der Waals surface area contributed by atoms with Gasteiger partial charge in [-0.05, 0) is 12.1 Å². The van der Waals surface area contributed by atoms with E-state index in [1.807, 2.05) is 30.3 Å². The van der Waals surface area contributed by atoms with E-state index in [9.17, 15) is 5.26 Å². The minimum Gasteiger partial charge on any atom is -0.240 e. The number of nitrogens with zero attached hydrogens (tertiary/aromatic N) is 2. The van der Waals surface area contributed by atoms with E-state index in [1.54, 1.807) is 11.8 Å². The number of nitriles is 1. The standard InChI is InChI=1S/C14H14N2S/c1-14(2,3)17-13-11(9-15)8-10-6-4-5-7-12(10)16-13/h4-8H,1-3H3. The van der Waals surface area contributed by atoms with E-state index in [0.29, 0.717) is 5.56 Å². The molecule has 1 aromatic heterocycles. The van der Waals surface area contributed by atoms with Gasteiger partial charge >= 0.3 is 0 Å². The van der Waals surface area contributed by atoms with Crippen molar-refractivity contribution in [1.82, 2.24) is 4.98 Å². The maximum absolute atomic E-state index is 9.17. The molecule has 2 aromatic rings. The summed E-state index contributed by atoms with van der Waals surface area (Å²) in [5.41, 5.74) is 1.60. The minimum atomic E-state index is 0.0566. The summed E-state index contributed by atoms with van der Waals surface area (Å²) >= 11 is 1.63. The van der Waals surface area contributed by atoms with Crippen LogP contribution < -0.4 is 0 Å². The first-order chi connectivity index (χ1) is 7.99. The van der Waals surface area contributed by atoms with Crippen LogP contribution in [0, 0.1) is 11.3 Å². The molecule has 0 atom stereocenters. The number of fused-ring (bicyclic) bond motifs is 1. The van der Waals surface area contributed by atoms with E-state index >= 15 is 0 Å². The molecule has 1 aromatic carbocycles. The molecule has 0 saturated heterocycles. The van der Waals surface area contributed by atoms with Crippen LogP contribution in [0.3, 0.4) is 0 Å². The molecule has 2 nitrogen and oxygen atoms in total. The van der Waals surface area contributed by atoms with Crippen molar-refractivity contribution in [2.45, 2.75) is 30.5 Å². The van der Waals surface area contributed by atoms with Gasteiger partial charge in [-0.1, -0.05) is 50.7 Å². The quantitative estimate of drug-likeness (QED) is 0.709. The first kappa shape index (κ1) is 11.9. The average Bonchev–Trinajstić information content (AvgIpc) is 2.26. The van der Waals surface area contributed by atoms with Gasteiger partial charge in [0, 0.05) is 10.1 Å². The molecule has 0 fully saturated rings. The zero-order valence-corrected chi connectivity index (χ0v) is 11.0. The summed E-state index contributed by atoms with van der Waals surface area (Å²) in [5.74, 6) is 0. The molecule has 86 valence electrons. The molecule has 0 amide bonds. The van der Waals surface area contributed by atoms with Crippen LogP contribution in [0.1, 0.15) is 26.3 Å². The normalized spacial score (nSPS) is 11.4. The smallest absolute Gasteiger partial charge is 0.115 e. The lowest BCUT2D eigenvalue weighted by molar-refractivity contribution is 0.799. The maximum Gasteiger partial charge on any atom is 0.115 e. The van der Waals surface area contributed by atoms with Gasteiger partial charge < -0.3 is 0 Å². The SMILES string of the molecule is CC(C)(C)Sc1nc2ccccc2cc1C#N. The highest BCUT2D eigenvalue weighted by molar-refractivity contribution is 8.00. The molecule has 3 heteroatoms. The van der Waals surface area contributed by atoms with Gasteiger partial charge in [-0.2, -0.15) is 5.26 Å². The molecule has 1 heterocycles. The Morgan fingerprint density at radius 1 is 1.24 bits per heavy atom. The molecule has 0 N–H and O–H groups in total. The Bertz CT molecular complexity index is 591. The Balaban J connectivity index is 2.58. The van der Waals surface area contributed by atoms with Crippen molar-refractivity contribution in [3.8, 4) is 6.07 Å². The Morgan fingerprint density at radius 3 is 2.59 bits per heavy atom. The minimum absolute atomic E-state index is 0.0566. The van der Waals surface area contributed by atoms with Crippen molar-refractivity contribution in [2.24, 2.45) is 0 Å². The van der Waals surface area contributed by atoms with Crippen LogP contribution in [0.4, 0.5) is 0 Å². The van der Waals surface area contributed by atoms with Crippen LogP contribution in [0.25, 0.3) is 10.9 Å². The molecular weight excluding hydrogens is 228 g/mol. The zero-order valence-electron chi connectivity index (χ0n) is 10.2. The number of pyridine rings is 1. The first-order valence-corrected chi connectivity index (χ1v) is 6.30. The largest absolute Gasteiger partial charge is 0.240 e. The number of hydrogen-bond acceptors (Lipinski definition) is 3. The van der Waals surface area contributed by atoms with E-state index in [2.05, 4.69) is 31.8 Å². The van der Waals surface area contributed by atoms with Gasteiger partial charge in [-0.15, -0.1) is 0 Å². The van der Waals surface area contributed by atoms with Crippen LogP contribution in [0.15, 0.2) is 35.4 Å². The fourth-order valence-corrected chi connectivity index (χ4v) is 2.48. The van der Waals surface area contributed by atoms with Crippen molar-refractivity contribution >= 4 is 22.7 Å². The second kappa shape index (κ2) is 4.38. The van der Waals surface area contributed by atoms with Crippen LogP contribution in [0.2, 0.25) is 0 Å². The fraction of sp³-hybridized carbons (Fsp3) is 0.286. The lowest BCUT2D eigenvalue weighted by Crippen LogP contribution is -2.08. The molecule has 17 heavy (non-hydrogen) atoms. The van der Waals surface area contributed by atoms with Crippen LogP contribution in [-0.4, -0.2) is 9.73 Å². The van der Waals surface area contributed by atoms with Gasteiger partial charge in [-0.25, -0.2) is 4.98 Å². The number of aromatic nitrogens is 1. The second-order valence-electron chi connectivity index (χ2n) is 4.86. The maximum atomic E-state index is 9.17. The molecule has 0 aliphatic heterocycles. The van der Waals surface area contributed by atoms with E-state index in [1.165, 1.54) is 0 Å². The highest BCUT2D eigenvalue weighted by Gasteiger charge is 2.16. The molecule has 0 spiro atoms. The summed E-state index contributed by atoms with van der Waals surface area (Å²) in [6.45, 7) is 6.36. The fourth-order valence-electron chi connectivity index (χ4n) is 1.55. The van der Waals surface area contributed by atoms with E-state index in [0.717, 1.165) is 15.9 Å². The third-order valence-electron chi connectivity index (χ3n) is 2.21. The zero-order chi connectivity index (χ0) is 12.5. The highest BCUT2D eigenvalue weighted by Crippen LogP contribution is 2.33. The van der Waals surface area contributed by atoms with Crippen molar-refractivity contribution in [2.75, 3.05) is 0 Å². The van der Waals surface area contributed by atoms with E-state index in [4.69, 9.17) is 0 Å². The third-order valence-corrected chi connectivity index (χ3v) is 3.33. The van der Waals surface area contributed by atoms with E-state index in [-0.39, 0.29) is 4.75 Å². The highest BCUT2D eigenvalue weighted by atomic mass is 32.2. The van der Waals surface area contributed by atoms with Crippen LogP contribution >= 0.6 is 11.8 Å². The van der Waals surface area contributed by atoms with E-state index < -0.39 is 0 Å². The van der Waals surface area contributed by atoms with Gasteiger partial charge in [0.2, 0.25) is 0 Å². The molecule has 0 aliphatic rings. The Hall–Kier alpha value is -1.53. The number of hydrogen-bond donors (Lipinski definition) is 0. The lowest BCUT2D eigenvalue weighted by Gasteiger charge is -2.17. The summed E-state index contributed by atoms with van der Waals surface area (Å²) in [6, 6.07) is 12.0. The summed E-state index contributed by atoms with van der Waals surface area (Å²) in [4.78, 5) is 4.57. The van der Waals surface area contributed by atoms with Gasteiger partial charge in [0.1, 0.15) is 11.1 Å². The Labute approximate surface area is 106 Å². The molecular formula is C14H14N2S. The number of benzene rings is 1. The monoisotopic (exact) mass is 242 g/mol. The average molecular weight is 242 g/mol. The molecule has 0 radical (unpaired) electrons. The van der Waals surface area contributed by atoms with Crippen molar-refractivity contribution in [1.29, 1.82) is 5.26 Å². The molecule has 0 aliphatic carbocycles. The number of para-hydroxylation sites is 1. The van der Waals surface area contributed by atoms with Gasteiger partial charge in [0.15, 0.2) is 0 Å². The number of rotatable bonds is 1. The first-order valence-electron chi connectivity index (χ1n) is 5.48. The summed E-state index contributed by atoms with van der Waals surface area (Å²) < 4.78 is 0.0566. The Kier molecular flexibility index (Phi) is 3.08. The number of thioether (sulfide) groups is 1. The molecule has 0 saturated carbocycles. The predicted molar refractivity (Wildman–Crippen MR) is 72.1 cm³/mol. The van der Waals surface area contributed by atoms with Crippen LogP contribution in [0.5, 0.6) is 0 Å². The topological polar surface area (TPSA) is 36.7 Å². The van der Waals surface area contributed by atoms with Crippen LogP contribution in [-0.2, 0) is 0 Å². The van der Waals surface area contributed by atoms with Crippen molar-refractivity contribution in [3.63, 3.8) is 0 Å². The third kappa shape index (κ3) is 2.78. The molecule has 2 rings (SSSR count). The summed E-state index contributed by atoms with van der Waals surface area (Å²) in [6.07, 6.45) is 0. The van der Waals surface area contributed by atoms with Crippen molar-refractivity contribution < 1.29 is 0 Å². The molecule has 0 unspecified atom stereocenters. The summed E-state index contributed by atoms with van der Waals surface area (Å²) in [5, 5.41) is 11.0. The summed E-state index contributed by atoms with van der Waals surface area (Å²) in [7, 11) is 0. The molecule has 0 bridgehead atoms. The Morgan fingerprint density at radius 2 is 1.94 bits per heavy atom. The van der Waals surface area contributed by atoms with Crippen molar-refractivity contribution in [3.05, 3.63) is 35.9 Å². The second-order valence-corrected chi connectivity index (χ2v) is 6.68. The lowest BCUT2D eigenvalue weighted by atomic mass is 10.2. The predicted octanol–water partition coefficient (Wildman–Crippen LogP) is 4.00. The van der Waals surface area contributed by atoms with Gasteiger partial charge in [0.05, 0.1) is 11.1 Å².